The highest BCUT2D eigenvalue weighted by molar-refractivity contribution is 4.94. The van der Waals surface area contributed by atoms with E-state index in [1.54, 1.807) is 0 Å². The second kappa shape index (κ2) is 4.86. The number of nitrogens with two attached hydrogens (primary N) is 1. The average Bonchev–Trinajstić information content (AvgIpc) is 2.15. The van der Waals surface area contributed by atoms with Crippen LogP contribution in [0.2, 0.25) is 0 Å². The molecule has 1 nitrogen and oxygen atoms in total. The van der Waals surface area contributed by atoms with Crippen LogP contribution in [0.5, 0.6) is 0 Å². The van der Waals surface area contributed by atoms with Gasteiger partial charge >= 0.3 is 0 Å². The van der Waals surface area contributed by atoms with Gasteiger partial charge in [-0.1, -0.05) is 47.0 Å². The van der Waals surface area contributed by atoms with Crippen molar-refractivity contribution in [2.45, 2.75) is 78.2 Å². The molecule has 1 fully saturated rings. The molecule has 90 valence electrons. The molecule has 0 heterocycles. The van der Waals surface area contributed by atoms with Gasteiger partial charge < -0.3 is 5.73 Å². The summed E-state index contributed by atoms with van der Waals surface area (Å²) in [5, 5.41) is 0. The molecule has 0 amide bonds. The third-order valence-electron chi connectivity index (χ3n) is 4.09. The Morgan fingerprint density at radius 2 is 1.93 bits per heavy atom. The molecule has 0 aromatic carbocycles. The van der Waals surface area contributed by atoms with Crippen molar-refractivity contribution < 1.29 is 0 Å². The quantitative estimate of drug-likeness (QED) is 0.747. The summed E-state index contributed by atoms with van der Waals surface area (Å²) in [4.78, 5) is 0. The topological polar surface area (TPSA) is 26.0 Å². The Hall–Kier alpha value is -0.0400. The normalized spacial score (nSPS) is 33.0. The van der Waals surface area contributed by atoms with E-state index in [1.807, 2.05) is 0 Å². The van der Waals surface area contributed by atoms with Gasteiger partial charge in [-0.2, -0.15) is 0 Å². The molecule has 1 aliphatic carbocycles. The number of hydrogen-bond donors (Lipinski definition) is 1. The Morgan fingerprint density at radius 3 is 2.47 bits per heavy atom. The smallest absolute Gasteiger partial charge is 0.0182 e. The van der Waals surface area contributed by atoms with Gasteiger partial charge in [0, 0.05) is 5.54 Å². The van der Waals surface area contributed by atoms with E-state index in [9.17, 15) is 0 Å². The van der Waals surface area contributed by atoms with Gasteiger partial charge in [0.2, 0.25) is 0 Å². The lowest BCUT2D eigenvalue weighted by atomic mass is 9.68. The van der Waals surface area contributed by atoms with E-state index < -0.39 is 0 Å². The molecule has 15 heavy (non-hydrogen) atoms. The first-order chi connectivity index (χ1) is 6.87. The Morgan fingerprint density at radius 1 is 1.27 bits per heavy atom. The lowest BCUT2D eigenvalue weighted by Crippen LogP contribution is -2.49. The van der Waals surface area contributed by atoms with E-state index in [4.69, 9.17) is 5.73 Å². The maximum atomic E-state index is 6.62. The van der Waals surface area contributed by atoms with Crippen molar-refractivity contribution in [3.05, 3.63) is 0 Å². The fraction of sp³-hybridized carbons (Fsp3) is 1.00. The van der Waals surface area contributed by atoms with E-state index in [0.29, 0.717) is 5.41 Å². The Bertz CT molecular complexity index is 192. The van der Waals surface area contributed by atoms with Crippen molar-refractivity contribution in [2.75, 3.05) is 0 Å². The van der Waals surface area contributed by atoms with Crippen molar-refractivity contribution in [2.24, 2.45) is 17.1 Å². The lowest BCUT2D eigenvalue weighted by molar-refractivity contribution is 0.151. The summed E-state index contributed by atoms with van der Waals surface area (Å²) in [6.45, 7) is 9.26. The number of rotatable bonds is 3. The second-order valence-electron chi connectivity index (χ2n) is 6.64. The van der Waals surface area contributed by atoms with Gasteiger partial charge in [0.15, 0.2) is 0 Å². The van der Waals surface area contributed by atoms with Crippen LogP contribution in [0.25, 0.3) is 0 Å². The highest BCUT2D eigenvalue weighted by Gasteiger charge is 2.36. The van der Waals surface area contributed by atoms with Gasteiger partial charge in [0.1, 0.15) is 0 Å². The van der Waals surface area contributed by atoms with Gasteiger partial charge in [-0.05, 0) is 37.0 Å². The maximum absolute atomic E-state index is 6.62. The largest absolute Gasteiger partial charge is 0.325 e. The Kier molecular flexibility index (Phi) is 4.22. The molecular weight excluding hydrogens is 182 g/mol. The van der Waals surface area contributed by atoms with Crippen LogP contribution >= 0.6 is 0 Å². The molecule has 1 saturated carbocycles. The standard InChI is InChI=1S/C14H29N/c1-5-12-8-6-7-9-14(12,15)11-10-13(2,3)4/h12H,5-11,15H2,1-4H3. The summed E-state index contributed by atoms with van der Waals surface area (Å²) < 4.78 is 0. The first-order valence-electron chi connectivity index (χ1n) is 6.66. The van der Waals surface area contributed by atoms with Gasteiger partial charge in [-0.15, -0.1) is 0 Å². The molecule has 0 aromatic heterocycles. The molecule has 1 heteroatoms. The predicted molar refractivity (Wildman–Crippen MR) is 67.9 cm³/mol. The van der Waals surface area contributed by atoms with Crippen LogP contribution in [0.3, 0.4) is 0 Å². The van der Waals surface area contributed by atoms with Crippen molar-refractivity contribution in [1.29, 1.82) is 0 Å². The van der Waals surface area contributed by atoms with Crippen LogP contribution in [-0.2, 0) is 0 Å². The molecule has 1 rings (SSSR count). The molecular formula is C14H29N. The van der Waals surface area contributed by atoms with Gasteiger partial charge in [0.05, 0.1) is 0 Å². The first kappa shape index (κ1) is 13.0. The van der Waals surface area contributed by atoms with Crippen molar-refractivity contribution in [1.82, 2.24) is 0 Å². The zero-order valence-corrected chi connectivity index (χ0v) is 11.1. The molecule has 0 spiro atoms. The fourth-order valence-electron chi connectivity index (χ4n) is 2.88. The van der Waals surface area contributed by atoms with E-state index in [-0.39, 0.29) is 5.54 Å². The zero-order chi connectivity index (χ0) is 11.5. The highest BCUT2D eigenvalue weighted by atomic mass is 14.8. The maximum Gasteiger partial charge on any atom is 0.0182 e. The molecule has 0 aromatic rings. The summed E-state index contributed by atoms with van der Waals surface area (Å²) in [5.41, 5.74) is 7.21. The minimum atomic E-state index is 0.153. The third-order valence-corrected chi connectivity index (χ3v) is 4.09. The SMILES string of the molecule is CCC1CCCCC1(N)CCC(C)(C)C. The lowest BCUT2D eigenvalue weighted by Gasteiger charge is -2.42. The molecule has 1 aliphatic rings. The monoisotopic (exact) mass is 211 g/mol. The minimum Gasteiger partial charge on any atom is -0.325 e. The number of hydrogen-bond acceptors (Lipinski definition) is 1. The molecule has 0 saturated heterocycles. The van der Waals surface area contributed by atoms with Gasteiger partial charge in [-0.3, -0.25) is 0 Å². The van der Waals surface area contributed by atoms with Crippen LogP contribution in [0, 0.1) is 11.3 Å². The van der Waals surface area contributed by atoms with Crippen molar-refractivity contribution in [3.8, 4) is 0 Å². The van der Waals surface area contributed by atoms with E-state index in [1.165, 1.54) is 44.9 Å². The summed E-state index contributed by atoms with van der Waals surface area (Å²) in [7, 11) is 0. The van der Waals surface area contributed by atoms with Crippen LogP contribution < -0.4 is 5.73 Å². The Balaban J connectivity index is 2.54. The highest BCUT2D eigenvalue weighted by Crippen LogP contribution is 2.39. The van der Waals surface area contributed by atoms with Gasteiger partial charge in [-0.25, -0.2) is 0 Å². The second-order valence-corrected chi connectivity index (χ2v) is 6.64. The predicted octanol–water partition coefficient (Wildman–Crippen LogP) is 4.11. The van der Waals surface area contributed by atoms with Crippen LogP contribution in [-0.4, -0.2) is 5.54 Å². The van der Waals surface area contributed by atoms with E-state index >= 15 is 0 Å². The van der Waals surface area contributed by atoms with E-state index in [2.05, 4.69) is 27.7 Å². The summed E-state index contributed by atoms with van der Waals surface area (Å²) in [6, 6.07) is 0. The molecule has 0 radical (unpaired) electrons. The molecule has 0 bridgehead atoms. The van der Waals surface area contributed by atoms with E-state index in [0.717, 1.165) is 5.92 Å². The third kappa shape index (κ3) is 3.79. The molecule has 0 aliphatic heterocycles. The molecule has 2 atom stereocenters. The molecule has 2 N–H and O–H groups in total. The fourth-order valence-corrected chi connectivity index (χ4v) is 2.88. The average molecular weight is 211 g/mol. The Labute approximate surface area is 95.8 Å². The summed E-state index contributed by atoms with van der Waals surface area (Å²) in [5.74, 6) is 0.772. The van der Waals surface area contributed by atoms with Crippen LogP contribution in [0.1, 0.15) is 72.6 Å². The van der Waals surface area contributed by atoms with Crippen LogP contribution in [0.4, 0.5) is 0 Å². The first-order valence-corrected chi connectivity index (χ1v) is 6.66. The summed E-state index contributed by atoms with van der Waals surface area (Å²) >= 11 is 0. The minimum absolute atomic E-state index is 0.153. The van der Waals surface area contributed by atoms with Crippen molar-refractivity contribution >= 4 is 0 Å². The van der Waals surface area contributed by atoms with Crippen molar-refractivity contribution in [3.63, 3.8) is 0 Å². The van der Waals surface area contributed by atoms with Gasteiger partial charge in [0.25, 0.3) is 0 Å². The summed E-state index contributed by atoms with van der Waals surface area (Å²) in [6.07, 6.45) is 9.10. The van der Waals surface area contributed by atoms with Crippen LogP contribution in [0.15, 0.2) is 0 Å². The molecule has 2 unspecified atom stereocenters. The zero-order valence-electron chi connectivity index (χ0n) is 11.1.